The van der Waals surface area contributed by atoms with Gasteiger partial charge in [0, 0.05) is 32.7 Å². The standard InChI is InChI=1S/C17H35N5O/c1-6-10-22-11-8-14(9-12-22)21-16(19-7-2)20-13-17(3,4)15(23)18-5/h14H,6-13H2,1-5H3,(H,18,23)(H2,19,20,21). The summed E-state index contributed by atoms with van der Waals surface area (Å²) in [7, 11) is 1.67. The fourth-order valence-electron chi connectivity index (χ4n) is 2.82. The first-order valence-corrected chi connectivity index (χ1v) is 8.92. The van der Waals surface area contributed by atoms with Crippen LogP contribution < -0.4 is 16.0 Å². The summed E-state index contributed by atoms with van der Waals surface area (Å²) in [6.07, 6.45) is 3.50. The summed E-state index contributed by atoms with van der Waals surface area (Å²) >= 11 is 0. The number of likely N-dealkylation sites (tertiary alicyclic amines) is 1. The molecule has 0 aromatic heterocycles. The van der Waals surface area contributed by atoms with E-state index in [1.54, 1.807) is 7.05 Å². The summed E-state index contributed by atoms with van der Waals surface area (Å²) in [5.41, 5.74) is -0.498. The minimum absolute atomic E-state index is 0.0185. The van der Waals surface area contributed by atoms with E-state index in [9.17, 15) is 4.79 Å². The predicted octanol–water partition coefficient (Wildman–Crippen LogP) is 1.19. The van der Waals surface area contributed by atoms with Gasteiger partial charge in [-0.2, -0.15) is 0 Å². The Bertz CT molecular complexity index is 386. The SMILES string of the molecule is CCCN1CCC(NC(=NCC(C)(C)C(=O)NC)NCC)CC1. The maximum Gasteiger partial charge on any atom is 0.227 e. The zero-order chi connectivity index (χ0) is 17.3. The van der Waals surface area contributed by atoms with Crippen molar-refractivity contribution in [3.63, 3.8) is 0 Å². The van der Waals surface area contributed by atoms with Crippen LogP contribution >= 0.6 is 0 Å². The molecule has 0 atom stereocenters. The first kappa shape index (κ1) is 19.7. The Labute approximate surface area is 141 Å². The van der Waals surface area contributed by atoms with Crippen molar-refractivity contribution < 1.29 is 4.79 Å². The van der Waals surface area contributed by atoms with E-state index in [0.717, 1.165) is 38.4 Å². The van der Waals surface area contributed by atoms with E-state index in [1.807, 2.05) is 13.8 Å². The van der Waals surface area contributed by atoms with Gasteiger partial charge in [-0.3, -0.25) is 9.79 Å². The Hall–Kier alpha value is -1.30. The van der Waals surface area contributed by atoms with Crippen molar-refractivity contribution in [2.75, 3.05) is 39.8 Å². The van der Waals surface area contributed by atoms with Gasteiger partial charge in [0.05, 0.1) is 12.0 Å². The first-order valence-electron chi connectivity index (χ1n) is 8.92. The van der Waals surface area contributed by atoms with Gasteiger partial charge in [0.25, 0.3) is 0 Å². The van der Waals surface area contributed by atoms with Gasteiger partial charge in [-0.05, 0) is 46.6 Å². The van der Waals surface area contributed by atoms with Gasteiger partial charge in [0.2, 0.25) is 5.91 Å². The average Bonchev–Trinajstić information content (AvgIpc) is 2.54. The van der Waals surface area contributed by atoms with Gasteiger partial charge in [0.1, 0.15) is 0 Å². The molecule has 1 rings (SSSR count). The molecule has 1 aliphatic rings. The summed E-state index contributed by atoms with van der Waals surface area (Å²) in [5, 5.41) is 9.52. The lowest BCUT2D eigenvalue weighted by Crippen LogP contribution is -2.49. The number of piperidine rings is 1. The number of nitrogens with one attached hydrogen (secondary N) is 3. The topological polar surface area (TPSA) is 68.8 Å². The van der Waals surface area contributed by atoms with Crippen molar-refractivity contribution in [1.82, 2.24) is 20.9 Å². The highest BCUT2D eigenvalue weighted by atomic mass is 16.2. The lowest BCUT2D eigenvalue weighted by Gasteiger charge is -2.33. The molecule has 1 heterocycles. The molecule has 0 aromatic rings. The van der Waals surface area contributed by atoms with Gasteiger partial charge >= 0.3 is 0 Å². The maximum atomic E-state index is 11.9. The van der Waals surface area contributed by atoms with Crippen molar-refractivity contribution >= 4 is 11.9 Å². The van der Waals surface area contributed by atoms with Crippen LogP contribution in [0.1, 0.15) is 47.0 Å². The van der Waals surface area contributed by atoms with Crippen molar-refractivity contribution in [3.05, 3.63) is 0 Å². The van der Waals surface area contributed by atoms with E-state index in [-0.39, 0.29) is 5.91 Å². The number of carbonyl (C=O) groups is 1. The van der Waals surface area contributed by atoms with Crippen LogP contribution in [0, 0.1) is 5.41 Å². The minimum Gasteiger partial charge on any atom is -0.359 e. The Kier molecular flexibility index (Phi) is 8.37. The van der Waals surface area contributed by atoms with Crippen LogP contribution in [0.3, 0.4) is 0 Å². The third-order valence-electron chi connectivity index (χ3n) is 4.29. The zero-order valence-electron chi connectivity index (χ0n) is 15.5. The van der Waals surface area contributed by atoms with Crippen LogP contribution in [0.2, 0.25) is 0 Å². The van der Waals surface area contributed by atoms with Crippen molar-refractivity contribution in [2.45, 2.75) is 53.0 Å². The summed E-state index contributed by atoms with van der Waals surface area (Å²) < 4.78 is 0. The smallest absolute Gasteiger partial charge is 0.227 e. The van der Waals surface area contributed by atoms with E-state index in [0.29, 0.717) is 12.6 Å². The molecule has 23 heavy (non-hydrogen) atoms. The number of aliphatic imine (C=N–C) groups is 1. The van der Waals surface area contributed by atoms with E-state index in [4.69, 9.17) is 0 Å². The lowest BCUT2D eigenvalue weighted by atomic mass is 9.93. The molecule has 1 fully saturated rings. The summed E-state index contributed by atoms with van der Waals surface area (Å²) in [6.45, 7) is 12.9. The molecule has 0 aromatic carbocycles. The quantitative estimate of drug-likeness (QED) is 0.486. The van der Waals surface area contributed by atoms with Crippen LogP contribution in [-0.4, -0.2) is 62.6 Å². The Morgan fingerprint density at radius 1 is 1.26 bits per heavy atom. The van der Waals surface area contributed by atoms with Crippen LogP contribution in [0.15, 0.2) is 4.99 Å². The highest BCUT2D eigenvalue weighted by Gasteiger charge is 2.26. The van der Waals surface area contributed by atoms with Crippen molar-refractivity contribution in [2.24, 2.45) is 10.4 Å². The largest absolute Gasteiger partial charge is 0.359 e. The zero-order valence-corrected chi connectivity index (χ0v) is 15.5. The van der Waals surface area contributed by atoms with E-state index < -0.39 is 5.41 Å². The van der Waals surface area contributed by atoms with Gasteiger partial charge < -0.3 is 20.9 Å². The molecule has 6 nitrogen and oxygen atoms in total. The van der Waals surface area contributed by atoms with Crippen molar-refractivity contribution in [3.8, 4) is 0 Å². The van der Waals surface area contributed by atoms with Crippen LogP contribution in [0.25, 0.3) is 0 Å². The minimum atomic E-state index is -0.498. The van der Waals surface area contributed by atoms with Crippen molar-refractivity contribution in [1.29, 1.82) is 0 Å². The number of nitrogens with zero attached hydrogens (tertiary/aromatic N) is 2. The molecular formula is C17H35N5O. The Balaban J connectivity index is 2.55. The molecule has 134 valence electrons. The summed E-state index contributed by atoms with van der Waals surface area (Å²) in [6, 6.07) is 0.462. The Morgan fingerprint density at radius 2 is 1.91 bits per heavy atom. The van der Waals surface area contributed by atoms with Gasteiger partial charge in [-0.25, -0.2) is 0 Å². The molecular weight excluding hydrogens is 290 g/mol. The lowest BCUT2D eigenvalue weighted by molar-refractivity contribution is -0.128. The molecule has 3 N–H and O–H groups in total. The van der Waals surface area contributed by atoms with E-state index in [2.05, 4.69) is 39.7 Å². The van der Waals surface area contributed by atoms with E-state index in [1.165, 1.54) is 13.0 Å². The number of carbonyl (C=O) groups excluding carboxylic acids is 1. The predicted molar refractivity (Wildman–Crippen MR) is 96.7 cm³/mol. The number of hydrogen-bond acceptors (Lipinski definition) is 3. The monoisotopic (exact) mass is 325 g/mol. The first-order chi connectivity index (χ1) is 10.9. The number of rotatable bonds is 7. The third-order valence-corrected chi connectivity index (χ3v) is 4.29. The fraction of sp³-hybridized carbons (Fsp3) is 0.882. The normalized spacial score (nSPS) is 17.9. The molecule has 0 radical (unpaired) electrons. The third kappa shape index (κ3) is 6.77. The average molecular weight is 326 g/mol. The van der Waals surface area contributed by atoms with Gasteiger partial charge in [-0.1, -0.05) is 6.92 Å². The maximum absolute atomic E-state index is 11.9. The Morgan fingerprint density at radius 3 is 2.43 bits per heavy atom. The molecule has 1 saturated heterocycles. The molecule has 1 amide bonds. The summed E-state index contributed by atoms with van der Waals surface area (Å²) in [4.78, 5) is 19.0. The number of hydrogen-bond donors (Lipinski definition) is 3. The molecule has 0 spiro atoms. The molecule has 1 aliphatic heterocycles. The molecule has 0 unspecified atom stereocenters. The van der Waals surface area contributed by atoms with Gasteiger partial charge in [-0.15, -0.1) is 0 Å². The molecule has 0 bridgehead atoms. The highest BCUT2D eigenvalue weighted by molar-refractivity contribution is 5.83. The second kappa shape index (κ2) is 9.75. The highest BCUT2D eigenvalue weighted by Crippen LogP contribution is 2.15. The molecule has 0 aliphatic carbocycles. The number of guanidine groups is 1. The number of amides is 1. The van der Waals surface area contributed by atoms with Gasteiger partial charge in [0.15, 0.2) is 5.96 Å². The van der Waals surface area contributed by atoms with Crippen LogP contribution in [-0.2, 0) is 4.79 Å². The van der Waals surface area contributed by atoms with Crippen LogP contribution in [0.4, 0.5) is 0 Å². The van der Waals surface area contributed by atoms with E-state index >= 15 is 0 Å². The fourth-order valence-corrected chi connectivity index (χ4v) is 2.82. The molecule has 0 saturated carbocycles. The molecule has 6 heteroatoms. The summed E-state index contributed by atoms with van der Waals surface area (Å²) in [5.74, 6) is 0.836. The second-order valence-corrected chi connectivity index (χ2v) is 6.92. The second-order valence-electron chi connectivity index (χ2n) is 6.92. The van der Waals surface area contributed by atoms with Crippen LogP contribution in [0.5, 0.6) is 0 Å².